The maximum atomic E-state index is 10.4. The Hall–Kier alpha value is -1.67. The third kappa shape index (κ3) is 4.24. The molecule has 16 heavy (non-hydrogen) atoms. The van der Waals surface area contributed by atoms with Gasteiger partial charge in [0.05, 0.1) is 4.92 Å². The molecule has 1 aromatic rings. The molecule has 0 unspecified atom stereocenters. The topological polar surface area (TPSA) is 110 Å². The van der Waals surface area contributed by atoms with Gasteiger partial charge < -0.3 is 16.4 Å². The van der Waals surface area contributed by atoms with Crippen LogP contribution in [0.4, 0.5) is 9.80 Å². The average Bonchev–Trinajstić information content (AvgIpc) is 2.65. The zero-order chi connectivity index (χ0) is 12.0. The van der Waals surface area contributed by atoms with E-state index in [1.807, 2.05) is 0 Å². The first-order chi connectivity index (χ1) is 7.59. The van der Waals surface area contributed by atoms with E-state index < -0.39 is 11.0 Å². The van der Waals surface area contributed by atoms with E-state index >= 15 is 0 Å². The van der Waals surface area contributed by atoms with Crippen molar-refractivity contribution in [2.24, 2.45) is 5.73 Å². The van der Waals surface area contributed by atoms with Crippen molar-refractivity contribution in [1.29, 1.82) is 0 Å². The van der Waals surface area contributed by atoms with E-state index in [9.17, 15) is 14.9 Å². The fourth-order valence-corrected chi connectivity index (χ4v) is 1.83. The highest BCUT2D eigenvalue weighted by atomic mass is 32.1. The van der Waals surface area contributed by atoms with Crippen molar-refractivity contribution < 1.29 is 9.72 Å². The first-order valence-corrected chi connectivity index (χ1v) is 5.38. The molecule has 0 saturated heterocycles. The largest absolute Gasteiger partial charge is 0.352 e. The van der Waals surface area contributed by atoms with Crippen LogP contribution < -0.4 is 16.4 Å². The SMILES string of the molecule is NC(=O)NCCNCc1ccc([N+](=O)[O-])s1. The summed E-state index contributed by atoms with van der Waals surface area (Å²) in [5, 5.41) is 16.0. The Kier molecular flexibility index (Phi) is 4.67. The molecule has 0 saturated carbocycles. The number of nitrogens with two attached hydrogens (primary N) is 1. The van der Waals surface area contributed by atoms with Gasteiger partial charge in [-0.1, -0.05) is 11.3 Å². The highest BCUT2D eigenvalue weighted by Crippen LogP contribution is 2.23. The standard InChI is InChI=1S/C8H12N4O3S/c9-8(13)11-4-3-10-5-6-1-2-7(16-6)12(14)15/h1-2,10H,3-5H2,(H3,9,11,13). The smallest absolute Gasteiger partial charge is 0.324 e. The van der Waals surface area contributed by atoms with Crippen molar-refractivity contribution in [2.75, 3.05) is 13.1 Å². The number of hydrogen-bond acceptors (Lipinski definition) is 5. The summed E-state index contributed by atoms with van der Waals surface area (Å²) in [6.07, 6.45) is 0. The molecule has 4 N–H and O–H groups in total. The summed E-state index contributed by atoms with van der Waals surface area (Å²) < 4.78 is 0. The Labute approximate surface area is 95.8 Å². The van der Waals surface area contributed by atoms with Crippen LogP contribution in [0, 0.1) is 10.1 Å². The second-order valence-corrected chi connectivity index (χ2v) is 4.11. The molecule has 88 valence electrons. The lowest BCUT2D eigenvalue weighted by atomic mass is 10.4. The lowest BCUT2D eigenvalue weighted by Gasteiger charge is -2.02. The Morgan fingerprint density at radius 2 is 2.25 bits per heavy atom. The predicted octanol–water partition coefficient (Wildman–Crippen LogP) is 0.414. The van der Waals surface area contributed by atoms with E-state index in [-0.39, 0.29) is 5.00 Å². The van der Waals surface area contributed by atoms with Crippen molar-refractivity contribution >= 4 is 22.4 Å². The van der Waals surface area contributed by atoms with Crippen LogP contribution in [0.1, 0.15) is 4.88 Å². The summed E-state index contributed by atoms with van der Waals surface area (Å²) in [6.45, 7) is 1.54. The van der Waals surface area contributed by atoms with Gasteiger partial charge in [-0.05, 0) is 6.07 Å². The number of primary amides is 1. The number of urea groups is 1. The molecule has 0 aliphatic heterocycles. The maximum Gasteiger partial charge on any atom is 0.324 e. The summed E-state index contributed by atoms with van der Waals surface area (Å²) in [7, 11) is 0. The molecule has 0 spiro atoms. The van der Waals surface area contributed by atoms with Crippen molar-refractivity contribution in [2.45, 2.75) is 6.54 Å². The van der Waals surface area contributed by atoms with Gasteiger partial charge in [-0.25, -0.2) is 4.79 Å². The molecule has 0 aliphatic rings. The van der Waals surface area contributed by atoms with Crippen LogP contribution in [0.5, 0.6) is 0 Å². The average molecular weight is 244 g/mol. The second kappa shape index (κ2) is 6.03. The van der Waals surface area contributed by atoms with Gasteiger partial charge in [-0.3, -0.25) is 10.1 Å². The van der Waals surface area contributed by atoms with Gasteiger partial charge in [0.15, 0.2) is 0 Å². The lowest BCUT2D eigenvalue weighted by Crippen LogP contribution is -2.35. The molecule has 1 rings (SSSR count). The number of carbonyl (C=O) groups excluding carboxylic acids is 1. The van der Waals surface area contributed by atoms with Crippen LogP contribution in [-0.4, -0.2) is 24.0 Å². The number of thiophene rings is 1. The van der Waals surface area contributed by atoms with Crippen molar-refractivity contribution in [3.63, 3.8) is 0 Å². The Morgan fingerprint density at radius 1 is 1.50 bits per heavy atom. The fourth-order valence-electron chi connectivity index (χ4n) is 1.05. The molecule has 1 aromatic heterocycles. The minimum atomic E-state index is -0.562. The van der Waals surface area contributed by atoms with Crippen molar-refractivity contribution in [3.8, 4) is 0 Å². The fraction of sp³-hybridized carbons (Fsp3) is 0.375. The van der Waals surface area contributed by atoms with Gasteiger partial charge in [-0.2, -0.15) is 0 Å². The van der Waals surface area contributed by atoms with E-state index in [0.29, 0.717) is 19.6 Å². The summed E-state index contributed by atoms with van der Waals surface area (Å²) in [5.74, 6) is 0. The molecule has 1 heterocycles. The Morgan fingerprint density at radius 3 is 2.81 bits per heavy atom. The van der Waals surface area contributed by atoms with Gasteiger partial charge in [0.25, 0.3) is 0 Å². The summed E-state index contributed by atoms with van der Waals surface area (Å²) >= 11 is 1.13. The van der Waals surface area contributed by atoms with Crippen LogP contribution in [0.3, 0.4) is 0 Å². The first-order valence-electron chi connectivity index (χ1n) is 4.56. The van der Waals surface area contributed by atoms with Crippen molar-refractivity contribution in [1.82, 2.24) is 10.6 Å². The van der Waals surface area contributed by atoms with E-state index in [2.05, 4.69) is 10.6 Å². The minimum Gasteiger partial charge on any atom is -0.352 e. The van der Waals surface area contributed by atoms with Crippen LogP contribution in [0.2, 0.25) is 0 Å². The molecule has 7 nitrogen and oxygen atoms in total. The van der Waals surface area contributed by atoms with Crippen LogP contribution in [0.25, 0.3) is 0 Å². The number of rotatable bonds is 6. The number of hydrogen-bond donors (Lipinski definition) is 3. The molecule has 2 amide bonds. The highest BCUT2D eigenvalue weighted by molar-refractivity contribution is 7.15. The zero-order valence-corrected chi connectivity index (χ0v) is 9.25. The van der Waals surface area contributed by atoms with Gasteiger partial charge in [0, 0.05) is 30.6 Å². The highest BCUT2D eigenvalue weighted by Gasteiger charge is 2.08. The number of nitrogens with one attached hydrogen (secondary N) is 2. The molecule has 8 heteroatoms. The summed E-state index contributed by atoms with van der Waals surface area (Å²) in [4.78, 5) is 21.2. The Balaban J connectivity index is 2.21. The molecule has 0 aromatic carbocycles. The number of nitrogens with zero attached hydrogens (tertiary/aromatic N) is 1. The van der Waals surface area contributed by atoms with Crippen LogP contribution in [0.15, 0.2) is 12.1 Å². The van der Waals surface area contributed by atoms with Gasteiger partial charge in [0.2, 0.25) is 0 Å². The minimum absolute atomic E-state index is 0.132. The van der Waals surface area contributed by atoms with Crippen molar-refractivity contribution in [3.05, 3.63) is 27.1 Å². The maximum absolute atomic E-state index is 10.4. The number of amides is 2. The molecule has 0 aliphatic carbocycles. The third-order valence-corrected chi connectivity index (χ3v) is 2.76. The van der Waals surface area contributed by atoms with Crippen LogP contribution >= 0.6 is 11.3 Å². The number of carbonyl (C=O) groups is 1. The van der Waals surface area contributed by atoms with E-state index in [4.69, 9.17) is 5.73 Å². The first kappa shape index (κ1) is 12.4. The molecular weight excluding hydrogens is 232 g/mol. The second-order valence-electron chi connectivity index (χ2n) is 2.96. The van der Waals surface area contributed by atoms with Crippen LogP contribution in [-0.2, 0) is 6.54 Å². The van der Waals surface area contributed by atoms with E-state index in [1.165, 1.54) is 6.07 Å². The molecule has 0 fully saturated rings. The van der Waals surface area contributed by atoms with E-state index in [1.54, 1.807) is 6.07 Å². The summed E-state index contributed by atoms with van der Waals surface area (Å²) in [5.41, 5.74) is 4.87. The number of nitro groups is 1. The zero-order valence-electron chi connectivity index (χ0n) is 8.43. The van der Waals surface area contributed by atoms with Gasteiger partial charge in [0.1, 0.15) is 0 Å². The monoisotopic (exact) mass is 244 g/mol. The summed E-state index contributed by atoms with van der Waals surface area (Å²) in [6, 6.07) is 2.62. The normalized spacial score (nSPS) is 10.0. The third-order valence-electron chi connectivity index (χ3n) is 1.73. The molecular formula is C8H12N4O3S. The van der Waals surface area contributed by atoms with Gasteiger partial charge >= 0.3 is 11.0 Å². The molecule has 0 bridgehead atoms. The molecule has 0 radical (unpaired) electrons. The quantitative estimate of drug-likeness (QED) is 0.382. The van der Waals surface area contributed by atoms with Gasteiger partial charge in [-0.15, -0.1) is 0 Å². The lowest BCUT2D eigenvalue weighted by molar-refractivity contribution is -0.380. The van der Waals surface area contributed by atoms with E-state index in [0.717, 1.165) is 16.2 Å². The Bertz CT molecular complexity index is 379. The predicted molar refractivity (Wildman–Crippen MR) is 60.3 cm³/mol. The molecule has 0 atom stereocenters.